The lowest BCUT2D eigenvalue weighted by molar-refractivity contribution is 0.100. The van der Waals surface area contributed by atoms with E-state index in [1.165, 1.54) is 10.8 Å². The van der Waals surface area contributed by atoms with Crippen molar-refractivity contribution in [1.82, 2.24) is 9.55 Å². The van der Waals surface area contributed by atoms with Gasteiger partial charge in [-0.2, -0.15) is 0 Å². The van der Waals surface area contributed by atoms with Crippen molar-refractivity contribution in [2.75, 3.05) is 12.4 Å². The number of rotatable bonds is 6. The van der Waals surface area contributed by atoms with Crippen LogP contribution in [0.5, 0.6) is 5.75 Å². The van der Waals surface area contributed by atoms with Crippen molar-refractivity contribution in [3.8, 4) is 5.75 Å². The summed E-state index contributed by atoms with van der Waals surface area (Å²) in [5.74, 6) is 0.993. The Balaban J connectivity index is 1.58. The van der Waals surface area contributed by atoms with Crippen molar-refractivity contribution >= 4 is 39.3 Å². The Kier molecular flexibility index (Phi) is 4.95. The molecule has 158 valence electrons. The lowest BCUT2D eigenvalue weighted by atomic mass is 10.1. The minimum Gasteiger partial charge on any atom is -0.497 e. The van der Waals surface area contributed by atoms with Crippen LogP contribution in [0.3, 0.4) is 0 Å². The largest absolute Gasteiger partial charge is 0.497 e. The molecule has 0 saturated heterocycles. The topological polar surface area (TPSA) is 82.2 Å². The van der Waals surface area contributed by atoms with E-state index in [0.29, 0.717) is 23.6 Å². The predicted molar refractivity (Wildman–Crippen MR) is 128 cm³/mol. The third-order valence-electron chi connectivity index (χ3n) is 5.53. The Labute approximate surface area is 185 Å². The molecule has 1 amide bonds. The minimum absolute atomic E-state index is 0.434. The number of methoxy groups -OCH3 is 1. The summed E-state index contributed by atoms with van der Waals surface area (Å²) in [6.45, 7) is 0.621. The molecule has 0 radical (unpaired) electrons. The van der Waals surface area contributed by atoms with Gasteiger partial charge in [0.1, 0.15) is 5.75 Å². The average molecular weight is 422 g/mol. The van der Waals surface area contributed by atoms with Gasteiger partial charge in [0.25, 0.3) is 0 Å². The van der Waals surface area contributed by atoms with Crippen molar-refractivity contribution in [2.24, 2.45) is 5.73 Å². The molecule has 0 atom stereocenters. The van der Waals surface area contributed by atoms with Crippen LogP contribution in [-0.2, 0) is 6.54 Å². The molecule has 6 nitrogen and oxygen atoms in total. The van der Waals surface area contributed by atoms with Gasteiger partial charge in [-0.25, -0.2) is 4.98 Å². The van der Waals surface area contributed by atoms with Crippen molar-refractivity contribution < 1.29 is 9.53 Å². The van der Waals surface area contributed by atoms with Gasteiger partial charge in [-0.1, -0.05) is 36.4 Å². The zero-order valence-electron chi connectivity index (χ0n) is 17.6. The van der Waals surface area contributed by atoms with Crippen LogP contribution in [0.2, 0.25) is 0 Å². The number of nitrogens with zero attached hydrogens (tertiary/aromatic N) is 2. The van der Waals surface area contributed by atoms with Gasteiger partial charge in [-0.3, -0.25) is 4.79 Å². The fourth-order valence-corrected chi connectivity index (χ4v) is 3.86. The number of primary amides is 1. The molecule has 6 heteroatoms. The molecule has 32 heavy (non-hydrogen) atoms. The van der Waals surface area contributed by atoms with Crippen LogP contribution < -0.4 is 15.8 Å². The third-order valence-corrected chi connectivity index (χ3v) is 5.53. The zero-order valence-corrected chi connectivity index (χ0v) is 17.6. The Morgan fingerprint density at radius 3 is 2.50 bits per heavy atom. The van der Waals surface area contributed by atoms with Crippen LogP contribution >= 0.6 is 0 Å². The summed E-state index contributed by atoms with van der Waals surface area (Å²) in [5, 5.41) is 5.79. The summed E-state index contributed by atoms with van der Waals surface area (Å²) < 4.78 is 7.35. The molecular formula is C26H22N4O2. The number of hydrogen-bond donors (Lipinski definition) is 2. The van der Waals surface area contributed by atoms with Gasteiger partial charge in [-0.05, 0) is 64.9 Å². The molecule has 3 N–H and O–H groups in total. The highest BCUT2D eigenvalue weighted by Crippen LogP contribution is 2.27. The lowest BCUT2D eigenvalue weighted by Crippen LogP contribution is -2.10. The molecule has 0 aliphatic rings. The van der Waals surface area contributed by atoms with E-state index in [-0.39, 0.29) is 0 Å². The Hall–Kier alpha value is -4.32. The van der Waals surface area contributed by atoms with E-state index in [9.17, 15) is 4.79 Å². The Morgan fingerprint density at radius 1 is 0.969 bits per heavy atom. The number of aromatic nitrogens is 2. The van der Waals surface area contributed by atoms with E-state index in [4.69, 9.17) is 15.5 Å². The fourth-order valence-electron chi connectivity index (χ4n) is 3.86. The van der Waals surface area contributed by atoms with Crippen LogP contribution in [0.4, 0.5) is 11.6 Å². The number of hydrogen-bond acceptors (Lipinski definition) is 4. The number of carbonyl (C=O) groups excluding carboxylic acids is 1. The summed E-state index contributed by atoms with van der Waals surface area (Å²) in [6.07, 6.45) is 0. The van der Waals surface area contributed by atoms with Crippen LogP contribution in [0, 0.1) is 0 Å². The third kappa shape index (κ3) is 3.74. The Morgan fingerprint density at radius 2 is 1.75 bits per heavy atom. The highest BCUT2D eigenvalue weighted by atomic mass is 16.5. The number of nitrogens with two attached hydrogens (primary N) is 1. The molecule has 0 aliphatic carbocycles. The van der Waals surface area contributed by atoms with E-state index in [1.807, 2.05) is 42.5 Å². The summed E-state index contributed by atoms with van der Waals surface area (Å²) >= 11 is 0. The van der Waals surface area contributed by atoms with E-state index in [1.54, 1.807) is 19.2 Å². The van der Waals surface area contributed by atoms with Crippen LogP contribution in [0.15, 0.2) is 84.9 Å². The maximum Gasteiger partial charge on any atom is 0.248 e. The average Bonchev–Trinajstić information content (AvgIpc) is 3.15. The number of fused-ring (bicyclic) bond motifs is 2. The molecular weight excluding hydrogens is 400 g/mol. The first kappa shape index (κ1) is 19.6. The molecule has 0 fully saturated rings. The second-order valence-electron chi connectivity index (χ2n) is 7.62. The molecule has 5 rings (SSSR count). The number of nitrogens with one attached hydrogen (secondary N) is 1. The smallest absolute Gasteiger partial charge is 0.248 e. The molecule has 0 bridgehead atoms. The monoisotopic (exact) mass is 422 g/mol. The van der Waals surface area contributed by atoms with E-state index >= 15 is 0 Å². The lowest BCUT2D eigenvalue weighted by Gasteiger charge is -2.12. The molecule has 1 aromatic heterocycles. The second-order valence-corrected chi connectivity index (χ2v) is 7.62. The first-order valence-electron chi connectivity index (χ1n) is 10.3. The zero-order chi connectivity index (χ0) is 22.1. The molecule has 0 saturated carbocycles. The van der Waals surface area contributed by atoms with Crippen LogP contribution in [0.25, 0.3) is 21.8 Å². The van der Waals surface area contributed by atoms with Crippen molar-refractivity contribution in [2.45, 2.75) is 6.54 Å². The summed E-state index contributed by atoms with van der Waals surface area (Å²) in [5.41, 5.74) is 9.57. The highest BCUT2D eigenvalue weighted by molar-refractivity contribution is 5.96. The first-order valence-corrected chi connectivity index (χ1v) is 10.3. The molecule has 0 aliphatic heterocycles. The highest BCUT2D eigenvalue weighted by Gasteiger charge is 2.14. The van der Waals surface area contributed by atoms with Crippen molar-refractivity contribution in [3.63, 3.8) is 0 Å². The SMILES string of the molecule is COc1ccc(Nc2nc3cc(C(N)=O)ccc3n2Cc2ccc3ccccc3c2)cc1. The van der Waals surface area contributed by atoms with E-state index in [0.717, 1.165) is 22.5 Å². The fraction of sp³-hybridized carbons (Fsp3) is 0.0769. The van der Waals surface area contributed by atoms with Crippen LogP contribution in [-0.4, -0.2) is 22.6 Å². The minimum atomic E-state index is -0.472. The van der Waals surface area contributed by atoms with E-state index < -0.39 is 5.91 Å². The van der Waals surface area contributed by atoms with Crippen molar-refractivity contribution in [1.29, 1.82) is 0 Å². The molecule has 5 aromatic rings. The quantitative estimate of drug-likeness (QED) is 0.399. The Bertz CT molecular complexity index is 1440. The second kappa shape index (κ2) is 8.07. The number of anilines is 2. The van der Waals surface area contributed by atoms with Gasteiger partial charge in [-0.15, -0.1) is 0 Å². The maximum absolute atomic E-state index is 11.7. The normalized spacial score (nSPS) is 11.0. The maximum atomic E-state index is 11.7. The van der Waals surface area contributed by atoms with Gasteiger partial charge >= 0.3 is 0 Å². The van der Waals surface area contributed by atoms with Gasteiger partial charge in [0.05, 0.1) is 24.7 Å². The van der Waals surface area contributed by atoms with Gasteiger partial charge in [0, 0.05) is 11.3 Å². The summed E-state index contributed by atoms with van der Waals surface area (Å²) in [4.78, 5) is 16.4. The summed E-state index contributed by atoms with van der Waals surface area (Å²) in [6, 6.07) is 27.8. The molecule has 0 unspecified atom stereocenters. The number of ether oxygens (including phenoxy) is 1. The van der Waals surface area contributed by atoms with Crippen molar-refractivity contribution in [3.05, 3.63) is 96.1 Å². The first-order chi connectivity index (χ1) is 15.6. The number of benzene rings is 4. The predicted octanol–water partition coefficient (Wildman–Crippen LogP) is 5.09. The standard InChI is InChI=1S/C26H22N4O2/c1-32-22-11-9-21(10-12-22)28-26-29-23-15-20(25(27)31)8-13-24(23)30(26)16-17-6-7-18-4-2-3-5-19(18)14-17/h2-15H,16H2,1H3,(H2,27,31)(H,28,29). The molecule has 4 aromatic carbocycles. The molecule has 1 heterocycles. The summed E-state index contributed by atoms with van der Waals surface area (Å²) in [7, 11) is 1.64. The van der Waals surface area contributed by atoms with Gasteiger partial charge in [0.2, 0.25) is 11.9 Å². The van der Waals surface area contributed by atoms with Gasteiger partial charge < -0.3 is 20.4 Å². The molecule has 0 spiro atoms. The number of amides is 1. The van der Waals surface area contributed by atoms with Crippen LogP contribution in [0.1, 0.15) is 15.9 Å². The number of imidazole rings is 1. The van der Waals surface area contributed by atoms with Gasteiger partial charge in [0.15, 0.2) is 0 Å². The number of carbonyl (C=O) groups is 1. The van der Waals surface area contributed by atoms with E-state index in [2.05, 4.69) is 40.2 Å².